The first kappa shape index (κ1) is 13.8. The summed E-state index contributed by atoms with van der Waals surface area (Å²) in [5.74, 6) is -1.03. The van der Waals surface area contributed by atoms with Gasteiger partial charge < -0.3 is 5.73 Å². The van der Waals surface area contributed by atoms with Crippen molar-refractivity contribution in [2.75, 3.05) is 5.73 Å². The lowest BCUT2D eigenvalue weighted by atomic mass is 10.3. The molecule has 0 spiro atoms. The van der Waals surface area contributed by atoms with Crippen LogP contribution in [0.1, 0.15) is 5.69 Å². The van der Waals surface area contributed by atoms with E-state index >= 15 is 0 Å². The summed E-state index contributed by atoms with van der Waals surface area (Å²) in [5.41, 5.74) is 6.06. The van der Waals surface area contributed by atoms with Crippen LogP contribution >= 0.6 is 11.6 Å². The first-order chi connectivity index (χ1) is 8.90. The molecule has 19 heavy (non-hydrogen) atoms. The molecule has 9 heteroatoms. The zero-order chi connectivity index (χ0) is 14.0. The van der Waals surface area contributed by atoms with E-state index in [0.717, 1.165) is 12.1 Å². The summed E-state index contributed by atoms with van der Waals surface area (Å²) >= 11 is 5.56. The molecule has 2 rings (SSSR count). The summed E-state index contributed by atoms with van der Waals surface area (Å²) in [5, 5.41) is 5.90. The van der Waals surface area contributed by atoms with Crippen LogP contribution in [-0.2, 0) is 16.6 Å². The quantitative estimate of drug-likeness (QED) is 0.740. The Labute approximate surface area is 113 Å². The second kappa shape index (κ2) is 5.16. The average molecular weight is 305 g/mol. The van der Waals surface area contributed by atoms with E-state index in [9.17, 15) is 12.8 Å². The van der Waals surface area contributed by atoms with E-state index in [2.05, 4.69) is 14.9 Å². The molecule has 6 nitrogen and oxygen atoms in total. The number of halogens is 2. The van der Waals surface area contributed by atoms with Gasteiger partial charge in [-0.3, -0.25) is 5.10 Å². The standard InChI is InChI=1S/C10H10ClFN4O2S/c11-8-3-6(13)4-9(10(8)12)19(17,18)15-5-7-1-2-14-16-7/h1-4,15H,5,13H2,(H,14,16). The highest BCUT2D eigenvalue weighted by atomic mass is 35.5. The Hall–Kier alpha value is -1.64. The number of nitrogens with one attached hydrogen (secondary N) is 2. The fourth-order valence-corrected chi connectivity index (χ4v) is 2.83. The zero-order valence-corrected chi connectivity index (χ0v) is 11.1. The average Bonchev–Trinajstić information content (AvgIpc) is 2.84. The normalized spacial score (nSPS) is 11.7. The topological polar surface area (TPSA) is 101 Å². The predicted molar refractivity (Wildman–Crippen MR) is 68.4 cm³/mol. The summed E-state index contributed by atoms with van der Waals surface area (Å²) in [4.78, 5) is -0.586. The Balaban J connectivity index is 2.29. The summed E-state index contributed by atoms with van der Waals surface area (Å²) in [6.45, 7) is -0.0474. The van der Waals surface area contributed by atoms with Crippen molar-refractivity contribution in [3.05, 3.63) is 40.9 Å². The highest BCUT2D eigenvalue weighted by Crippen LogP contribution is 2.25. The maximum absolute atomic E-state index is 13.7. The van der Waals surface area contributed by atoms with E-state index in [1.807, 2.05) is 0 Å². The molecule has 0 unspecified atom stereocenters. The number of hydrogen-bond acceptors (Lipinski definition) is 4. The molecular weight excluding hydrogens is 295 g/mol. The number of rotatable bonds is 4. The monoisotopic (exact) mass is 304 g/mol. The van der Waals surface area contributed by atoms with E-state index in [-0.39, 0.29) is 17.3 Å². The molecule has 0 aliphatic carbocycles. The molecule has 0 amide bonds. The smallest absolute Gasteiger partial charge is 0.243 e. The van der Waals surface area contributed by atoms with Crippen molar-refractivity contribution in [1.29, 1.82) is 0 Å². The molecule has 0 atom stereocenters. The Kier molecular flexibility index (Phi) is 3.74. The summed E-state index contributed by atoms with van der Waals surface area (Å²) < 4.78 is 39.8. The first-order valence-corrected chi connectivity index (χ1v) is 6.98. The molecule has 0 aliphatic heterocycles. The minimum Gasteiger partial charge on any atom is -0.399 e. The van der Waals surface area contributed by atoms with Crippen LogP contribution in [0.5, 0.6) is 0 Å². The maximum atomic E-state index is 13.7. The SMILES string of the molecule is Nc1cc(Cl)c(F)c(S(=O)(=O)NCc2ccn[nH]2)c1. The van der Waals surface area contributed by atoms with E-state index < -0.39 is 20.7 Å². The molecule has 0 fully saturated rings. The number of benzene rings is 1. The van der Waals surface area contributed by atoms with Crippen LogP contribution in [-0.4, -0.2) is 18.6 Å². The van der Waals surface area contributed by atoms with E-state index in [1.165, 1.54) is 6.20 Å². The largest absolute Gasteiger partial charge is 0.399 e. The Morgan fingerprint density at radius 1 is 1.47 bits per heavy atom. The minimum atomic E-state index is -4.05. The van der Waals surface area contributed by atoms with Crippen LogP contribution in [0.4, 0.5) is 10.1 Å². The highest BCUT2D eigenvalue weighted by Gasteiger charge is 2.21. The third kappa shape index (κ3) is 3.03. The van der Waals surface area contributed by atoms with Crippen LogP contribution in [0.2, 0.25) is 5.02 Å². The zero-order valence-electron chi connectivity index (χ0n) is 9.52. The number of H-pyrrole nitrogens is 1. The number of aromatic nitrogens is 2. The molecule has 0 radical (unpaired) electrons. The molecule has 0 saturated carbocycles. The summed E-state index contributed by atoms with van der Waals surface area (Å²) in [7, 11) is -4.05. The van der Waals surface area contributed by atoms with Crippen molar-refractivity contribution in [3.63, 3.8) is 0 Å². The molecule has 2 aromatic rings. The second-order valence-corrected chi connectivity index (χ2v) is 5.86. The summed E-state index contributed by atoms with van der Waals surface area (Å²) in [6, 6.07) is 3.74. The van der Waals surface area contributed by atoms with Crippen LogP contribution in [0.15, 0.2) is 29.3 Å². The predicted octanol–water partition coefficient (Wildman–Crippen LogP) is 1.26. The highest BCUT2D eigenvalue weighted by molar-refractivity contribution is 7.89. The number of sulfonamides is 1. The molecule has 0 bridgehead atoms. The number of aromatic amines is 1. The van der Waals surface area contributed by atoms with Crippen LogP contribution in [0.25, 0.3) is 0 Å². The van der Waals surface area contributed by atoms with E-state index in [1.54, 1.807) is 6.07 Å². The van der Waals surface area contributed by atoms with Crippen molar-refractivity contribution >= 4 is 27.3 Å². The number of nitrogens with zero attached hydrogens (tertiary/aromatic N) is 1. The number of nitrogen functional groups attached to an aromatic ring is 1. The second-order valence-electron chi connectivity index (χ2n) is 3.72. The van der Waals surface area contributed by atoms with Gasteiger partial charge in [-0.2, -0.15) is 5.10 Å². The van der Waals surface area contributed by atoms with Crippen molar-refractivity contribution in [2.24, 2.45) is 0 Å². The van der Waals surface area contributed by atoms with E-state index in [0.29, 0.717) is 5.69 Å². The lowest BCUT2D eigenvalue weighted by Gasteiger charge is -2.08. The molecule has 4 N–H and O–H groups in total. The van der Waals surface area contributed by atoms with Crippen molar-refractivity contribution in [3.8, 4) is 0 Å². The van der Waals surface area contributed by atoms with Crippen molar-refractivity contribution in [2.45, 2.75) is 11.4 Å². The van der Waals surface area contributed by atoms with Gasteiger partial charge in [0.15, 0.2) is 5.82 Å². The Morgan fingerprint density at radius 2 is 2.21 bits per heavy atom. The molecular formula is C10H10ClFN4O2S. The fraction of sp³-hybridized carbons (Fsp3) is 0.100. The van der Waals surface area contributed by atoms with Gasteiger partial charge in [-0.1, -0.05) is 11.6 Å². The van der Waals surface area contributed by atoms with Gasteiger partial charge in [0.1, 0.15) is 4.90 Å². The first-order valence-electron chi connectivity index (χ1n) is 5.12. The van der Waals surface area contributed by atoms with Crippen molar-refractivity contribution in [1.82, 2.24) is 14.9 Å². The van der Waals surface area contributed by atoms with Crippen molar-refractivity contribution < 1.29 is 12.8 Å². The Bertz CT molecular complexity index is 688. The molecule has 1 aromatic heterocycles. The third-order valence-electron chi connectivity index (χ3n) is 2.32. The lowest BCUT2D eigenvalue weighted by molar-refractivity contribution is 0.556. The van der Waals surface area contributed by atoms with Crippen LogP contribution in [0, 0.1) is 5.82 Å². The molecule has 0 aliphatic rings. The number of nitrogens with two attached hydrogens (primary N) is 1. The van der Waals surface area contributed by atoms with Gasteiger partial charge in [0, 0.05) is 11.9 Å². The van der Waals surface area contributed by atoms with E-state index in [4.69, 9.17) is 17.3 Å². The van der Waals surface area contributed by atoms with Gasteiger partial charge in [-0.05, 0) is 18.2 Å². The maximum Gasteiger partial charge on any atom is 0.243 e. The lowest BCUT2D eigenvalue weighted by Crippen LogP contribution is -2.24. The minimum absolute atomic E-state index is 0.0474. The molecule has 102 valence electrons. The Morgan fingerprint density at radius 3 is 2.84 bits per heavy atom. The van der Waals surface area contributed by atoms with Crippen LogP contribution < -0.4 is 10.5 Å². The number of hydrogen-bond donors (Lipinski definition) is 3. The molecule has 1 heterocycles. The molecule has 1 aromatic carbocycles. The third-order valence-corrected chi connectivity index (χ3v) is 3.99. The van der Waals surface area contributed by atoms with Gasteiger partial charge in [-0.15, -0.1) is 0 Å². The van der Waals surface area contributed by atoms with Gasteiger partial charge in [-0.25, -0.2) is 17.5 Å². The molecule has 0 saturated heterocycles. The fourth-order valence-electron chi connectivity index (χ4n) is 1.41. The van der Waals surface area contributed by atoms with Crippen LogP contribution in [0.3, 0.4) is 0 Å². The van der Waals surface area contributed by atoms with Gasteiger partial charge in [0.25, 0.3) is 0 Å². The van der Waals surface area contributed by atoms with Gasteiger partial charge >= 0.3 is 0 Å². The summed E-state index contributed by atoms with van der Waals surface area (Å²) in [6.07, 6.45) is 1.47. The number of anilines is 1. The van der Waals surface area contributed by atoms with Gasteiger partial charge in [0.05, 0.1) is 17.3 Å². The van der Waals surface area contributed by atoms with Gasteiger partial charge in [0.2, 0.25) is 10.0 Å².